The number of fused-ring (bicyclic) bond motifs is 1. The first-order valence-electron chi connectivity index (χ1n) is 13.8. The summed E-state index contributed by atoms with van der Waals surface area (Å²) >= 11 is 0. The van der Waals surface area contributed by atoms with E-state index < -0.39 is 5.91 Å². The minimum atomic E-state index is -0.427. The van der Waals surface area contributed by atoms with Gasteiger partial charge in [0.2, 0.25) is 17.7 Å². The largest absolute Gasteiger partial charge is 0.342 e. The first-order valence-corrected chi connectivity index (χ1v) is 13.8. The maximum atomic E-state index is 13.2. The number of likely N-dealkylation sites (N-methyl/N-ethyl adjacent to an activating group) is 1. The lowest BCUT2D eigenvalue weighted by atomic mass is 9.96. The summed E-state index contributed by atoms with van der Waals surface area (Å²) in [6, 6.07) is 7.46. The number of aromatic nitrogens is 6. The Hall–Kier alpha value is -4.65. The molecule has 0 saturated heterocycles. The van der Waals surface area contributed by atoms with Gasteiger partial charge in [0.1, 0.15) is 0 Å². The molecule has 13 heteroatoms. The van der Waals surface area contributed by atoms with Crippen LogP contribution in [0.2, 0.25) is 0 Å². The summed E-state index contributed by atoms with van der Waals surface area (Å²) in [6.07, 6.45) is 5.77. The first-order chi connectivity index (χ1) is 20.0. The third-order valence-electron chi connectivity index (χ3n) is 6.86. The van der Waals surface area contributed by atoms with Crippen molar-refractivity contribution in [1.29, 1.82) is 0 Å². The molecule has 42 heavy (non-hydrogen) atoms. The van der Waals surface area contributed by atoms with E-state index in [0.29, 0.717) is 37.9 Å². The van der Waals surface area contributed by atoms with Crippen LogP contribution in [0.5, 0.6) is 0 Å². The summed E-state index contributed by atoms with van der Waals surface area (Å²) in [5.74, 6) is 0.405. The van der Waals surface area contributed by atoms with E-state index in [9.17, 15) is 9.59 Å². The molecule has 0 unspecified atom stereocenters. The zero-order valence-corrected chi connectivity index (χ0v) is 24.7. The van der Waals surface area contributed by atoms with Crippen LogP contribution in [0.3, 0.4) is 0 Å². The smallest absolute Gasteiger partial charge is 0.293 e. The second-order valence-corrected chi connectivity index (χ2v) is 11.7. The fourth-order valence-corrected chi connectivity index (χ4v) is 4.74. The molecular formula is C29H36N10O3. The van der Waals surface area contributed by atoms with E-state index in [0.717, 1.165) is 28.1 Å². The van der Waals surface area contributed by atoms with Gasteiger partial charge >= 0.3 is 0 Å². The minimum absolute atomic E-state index is 0.0151. The molecule has 0 saturated carbocycles. The van der Waals surface area contributed by atoms with Crippen LogP contribution in [0.4, 0.5) is 11.6 Å². The molecule has 1 aliphatic heterocycles. The molecule has 220 valence electrons. The van der Waals surface area contributed by atoms with E-state index in [-0.39, 0.29) is 23.2 Å². The van der Waals surface area contributed by atoms with Crippen molar-refractivity contribution in [2.75, 3.05) is 32.5 Å². The molecule has 1 aliphatic rings. The number of nitrogens with one attached hydrogen (secondary N) is 2. The lowest BCUT2D eigenvalue weighted by Crippen LogP contribution is -2.38. The zero-order chi connectivity index (χ0) is 30.0. The highest BCUT2D eigenvalue weighted by Gasteiger charge is 2.29. The van der Waals surface area contributed by atoms with Gasteiger partial charge in [-0.05, 0) is 43.8 Å². The van der Waals surface area contributed by atoms with Gasteiger partial charge in [-0.1, -0.05) is 38.1 Å². The summed E-state index contributed by atoms with van der Waals surface area (Å²) in [4.78, 5) is 43.4. The Morgan fingerprint density at radius 3 is 2.67 bits per heavy atom. The van der Waals surface area contributed by atoms with Gasteiger partial charge in [0.15, 0.2) is 0 Å². The van der Waals surface area contributed by atoms with Crippen molar-refractivity contribution >= 4 is 23.5 Å². The van der Waals surface area contributed by atoms with Crippen LogP contribution in [-0.4, -0.2) is 78.7 Å². The third kappa shape index (κ3) is 6.62. The molecule has 1 atom stereocenters. The molecular weight excluding hydrogens is 536 g/mol. The van der Waals surface area contributed by atoms with Crippen molar-refractivity contribution in [2.45, 2.75) is 45.2 Å². The van der Waals surface area contributed by atoms with Crippen LogP contribution < -0.4 is 10.6 Å². The fraction of sp³-hybridized carbons (Fsp3) is 0.414. The first kappa shape index (κ1) is 28.9. The highest BCUT2D eigenvalue weighted by atomic mass is 16.5. The van der Waals surface area contributed by atoms with Gasteiger partial charge in [-0.3, -0.25) is 14.3 Å². The number of amides is 2. The number of anilines is 2. The van der Waals surface area contributed by atoms with Crippen LogP contribution in [0.15, 0.2) is 47.4 Å². The highest BCUT2D eigenvalue weighted by molar-refractivity contribution is 5.90. The number of rotatable bonds is 7. The Labute approximate surface area is 244 Å². The van der Waals surface area contributed by atoms with E-state index in [4.69, 9.17) is 9.51 Å². The Morgan fingerprint density at radius 2 is 1.98 bits per heavy atom. The summed E-state index contributed by atoms with van der Waals surface area (Å²) in [5.41, 5.74) is 3.84. The molecule has 0 fully saturated rings. The van der Waals surface area contributed by atoms with Crippen molar-refractivity contribution in [3.63, 3.8) is 0 Å². The maximum Gasteiger partial charge on any atom is 0.293 e. The van der Waals surface area contributed by atoms with E-state index in [1.54, 1.807) is 17.1 Å². The van der Waals surface area contributed by atoms with Gasteiger partial charge < -0.3 is 25.0 Å². The summed E-state index contributed by atoms with van der Waals surface area (Å²) < 4.78 is 7.02. The van der Waals surface area contributed by atoms with Crippen molar-refractivity contribution in [3.8, 4) is 11.3 Å². The standard InChI is InChI=1S/C29H36N10O3/c1-29(2,3)27-35-25(36-42-27)26(41)33-23-10-12-39(24(40)17-37(4)5)15-19-13-18(7-8-21(19)23)22-9-11-30-28(34-22)32-20-14-31-38(6)16-20/h7-9,11,13-14,16,23H,10,12,15,17H2,1-6H3,(H,33,41)(H,30,32,34)/t23-/m1/s1. The maximum absolute atomic E-state index is 13.2. The molecule has 3 aromatic heterocycles. The summed E-state index contributed by atoms with van der Waals surface area (Å²) in [5, 5.41) is 14.3. The SMILES string of the molecule is CN(C)CC(=O)N1CC[C@@H](NC(=O)c2noc(C(C)(C)C)n2)c2ccc(-c3ccnc(Nc4cnn(C)c4)n3)cc2C1. The van der Waals surface area contributed by atoms with Gasteiger partial charge in [-0.15, -0.1) is 0 Å². The van der Waals surface area contributed by atoms with Crippen LogP contribution in [0, 0.1) is 0 Å². The average Bonchev–Trinajstić information content (AvgIpc) is 3.55. The van der Waals surface area contributed by atoms with Crippen molar-refractivity contribution < 1.29 is 14.1 Å². The zero-order valence-electron chi connectivity index (χ0n) is 24.7. The molecule has 0 bridgehead atoms. The number of benzene rings is 1. The molecule has 0 spiro atoms. The van der Waals surface area contributed by atoms with E-state index in [1.807, 2.05) is 82.2 Å². The molecule has 13 nitrogen and oxygen atoms in total. The van der Waals surface area contributed by atoms with Gasteiger partial charge in [-0.2, -0.15) is 10.1 Å². The Bertz CT molecular complexity index is 1590. The molecule has 4 heterocycles. The van der Waals surface area contributed by atoms with Crippen LogP contribution >= 0.6 is 0 Å². The molecule has 0 radical (unpaired) electrons. The number of carbonyl (C=O) groups is 2. The topological polar surface area (TPSA) is 147 Å². The molecule has 5 rings (SSSR count). The summed E-state index contributed by atoms with van der Waals surface area (Å²) in [6.45, 7) is 7.00. The van der Waals surface area contributed by atoms with Crippen molar-refractivity contribution in [3.05, 3.63) is 65.7 Å². The lowest BCUT2D eigenvalue weighted by Gasteiger charge is -2.23. The molecule has 1 aromatic carbocycles. The Balaban J connectivity index is 1.44. The predicted molar refractivity (Wildman–Crippen MR) is 156 cm³/mol. The molecule has 2 N–H and O–H groups in total. The lowest BCUT2D eigenvalue weighted by molar-refractivity contribution is -0.132. The quantitative estimate of drug-likeness (QED) is 0.339. The Morgan fingerprint density at radius 1 is 1.17 bits per heavy atom. The van der Waals surface area contributed by atoms with E-state index >= 15 is 0 Å². The van der Waals surface area contributed by atoms with Gasteiger partial charge in [0, 0.05) is 43.5 Å². The normalized spacial score (nSPS) is 15.3. The van der Waals surface area contributed by atoms with Gasteiger partial charge in [-0.25, -0.2) is 9.97 Å². The Kier molecular flexibility index (Phi) is 8.03. The number of carbonyl (C=O) groups excluding carboxylic acids is 2. The number of hydrogen-bond donors (Lipinski definition) is 2. The minimum Gasteiger partial charge on any atom is -0.342 e. The van der Waals surface area contributed by atoms with Crippen molar-refractivity contribution in [2.24, 2.45) is 7.05 Å². The van der Waals surface area contributed by atoms with Crippen LogP contribution in [0.25, 0.3) is 11.3 Å². The van der Waals surface area contributed by atoms with Crippen LogP contribution in [-0.2, 0) is 23.8 Å². The van der Waals surface area contributed by atoms with E-state index in [1.165, 1.54) is 0 Å². The number of aryl methyl sites for hydroxylation is 1. The molecule has 4 aromatic rings. The summed E-state index contributed by atoms with van der Waals surface area (Å²) in [7, 11) is 5.58. The van der Waals surface area contributed by atoms with Crippen molar-refractivity contribution in [1.82, 2.24) is 45.0 Å². The predicted octanol–water partition coefficient (Wildman–Crippen LogP) is 3.07. The number of nitrogens with zero attached hydrogens (tertiary/aromatic N) is 8. The second kappa shape index (κ2) is 11.7. The van der Waals surface area contributed by atoms with E-state index in [2.05, 4.69) is 30.9 Å². The fourth-order valence-electron chi connectivity index (χ4n) is 4.74. The number of hydrogen-bond acceptors (Lipinski definition) is 10. The van der Waals surface area contributed by atoms with Gasteiger partial charge in [0.05, 0.1) is 30.2 Å². The van der Waals surface area contributed by atoms with Gasteiger partial charge in [0.25, 0.3) is 11.7 Å². The highest BCUT2D eigenvalue weighted by Crippen LogP contribution is 2.31. The van der Waals surface area contributed by atoms with Crippen LogP contribution in [0.1, 0.15) is 60.9 Å². The monoisotopic (exact) mass is 572 g/mol. The molecule has 0 aliphatic carbocycles. The average molecular weight is 573 g/mol. The third-order valence-corrected chi connectivity index (χ3v) is 6.86. The second-order valence-electron chi connectivity index (χ2n) is 11.7. The molecule has 2 amide bonds.